The maximum Gasteiger partial charge on any atom is 0.407 e. The maximum atomic E-state index is 13.7. The summed E-state index contributed by atoms with van der Waals surface area (Å²) in [5, 5.41) is 5.44. The van der Waals surface area contributed by atoms with Gasteiger partial charge in [-0.1, -0.05) is 101 Å². The van der Waals surface area contributed by atoms with Crippen molar-refractivity contribution in [3.63, 3.8) is 0 Å². The zero-order valence-corrected chi connectivity index (χ0v) is 37.9. The molecule has 2 aliphatic carbocycles. The van der Waals surface area contributed by atoms with Crippen LogP contribution in [-0.4, -0.2) is 93.1 Å². The third kappa shape index (κ3) is 8.30. The summed E-state index contributed by atoms with van der Waals surface area (Å²) >= 11 is 0. The summed E-state index contributed by atoms with van der Waals surface area (Å²) in [4.78, 5) is 71.6. The molecule has 2 aliphatic heterocycles. The van der Waals surface area contributed by atoms with Crippen LogP contribution in [0.1, 0.15) is 106 Å². The highest BCUT2D eigenvalue weighted by Crippen LogP contribution is 2.55. The van der Waals surface area contributed by atoms with E-state index in [9.17, 15) is 19.2 Å². The Morgan fingerprint density at radius 1 is 0.600 bits per heavy atom. The van der Waals surface area contributed by atoms with E-state index < -0.39 is 24.3 Å². The van der Waals surface area contributed by atoms with Gasteiger partial charge in [-0.05, 0) is 88.4 Å². The van der Waals surface area contributed by atoms with Crippen LogP contribution in [0.25, 0.3) is 44.8 Å². The number of methoxy groups -OCH3 is 2. The van der Waals surface area contributed by atoms with Crippen molar-refractivity contribution in [2.24, 2.45) is 11.8 Å². The second kappa shape index (κ2) is 18.1. The van der Waals surface area contributed by atoms with Gasteiger partial charge in [0.25, 0.3) is 0 Å². The van der Waals surface area contributed by atoms with Gasteiger partial charge < -0.3 is 39.9 Å². The molecule has 5 aromatic rings. The number of hydrogen-bond acceptors (Lipinski definition) is 8. The van der Waals surface area contributed by atoms with Gasteiger partial charge in [0, 0.05) is 24.9 Å². The molecule has 4 N–H and O–H groups in total. The minimum absolute atomic E-state index is 0.104. The Balaban J connectivity index is 0.910. The smallest absolute Gasteiger partial charge is 0.407 e. The Hall–Kier alpha value is -6.70. The molecule has 2 fully saturated rings. The Bertz CT molecular complexity index is 2440. The molecule has 65 heavy (non-hydrogen) atoms. The first kappa shape index (κ1) is 43.5. The molecule has 0 spiro atoms. The minimum atomic E-state index is -0.687. The first-order chi connectivity index (χ1) is 31.4. The van der Waals surface area contributed by atoms with Gasteiger partial charge >= 0.3 is 12.2 Å². The van der Waals surface area contributed by atoms with E-state index in [0.29, 0.717) is 24.9 Å². The van der Waals surface area contributed by atoms with E-state index in [4.69, 9.17) is 19.4 Å². The molecule has 2 saturated heterocycles. The van der Waals surface area contributed by atoms with Gasteiger partial charge in [-0.25, -0.2) is 19.6 Å². The molecule has 2 bridgehead atoms. The Labute approximate surface area is 379 Å². The molecule has 0 radical (unpaired) electrons. The van der Waals surface area contributed by atoms with Gasteiger partial charge in [-0.2, -0.15) is 0 Å². The monoisotopic (exact) mass is 878 g/mol. The summed E-state index contributed by atoms with van der Waals surface area (Å²) in [6, 6.07) is 20.0. The number of ether oxygens (including phenoxy) is 2. The molecule has 4 heterocycles. The second-order valence-electron chi connectivity index (χ2n) is 18.4. The average Bonchev–Trinajstić information content (AvgIpc) is 4.19. The number of likely N-dealkylation sites (tertiary alicyclic amines) is 2. The number of fused-ring (bicyclic) bond motifs is 5. The number of imidazole rings is 2. The number of aromatic amines is 2. The number of allylic oxidation sites excluding steroid dienone is 2. The third-order valence-corrected chi connectivity index (χ3v) is 13.8. The number of benzene rings is 3. The van der Waals surface area contributed by atoms with Crippen LogP contribution in [0.3, 0.4) is 0 Å². The van der Waals surface area contributed by atoms with Crippen molar-refractivity contribution in [1.29, 1.82) is 0 Å². The first-order valence-electron chi connectivity index (χ1n) is 22.9. The molecular weight excluding hydrogens is 821 g/mol. The van der Waals surface area contributed by atoms with Crippen LogP contribution in [0.4, 0.5) is 9.59 Å². The summed E-state index contributed by atoms with van der Waals surface area (Å²) in [7, 11) is 2.60. The van der Waals surface area contributed by atoms with Crippen molar-refractivity contribution >= 4 is 24.0 Å². The minimum Gasteiger partial charge on any atom is -0.453 e. The van der Waals surface area contributed by atoms with Gasteiger partial charge in [-0.3, -0.25) is 9.59 Å². The van der Waals surface area contributed by atoms with Crippen molar-refractivity contribution in [2.45, 2.75) is 95.8 Å². The Morgan fingerprint density at radius 3 is 1.35 bits per heavy atom. The lowest BCUT2D eigenvalue weighted by Crippen LogP contribution is -2.51. The van der Waals surface area contributed by atoms with Crippen LogP contribution in [0.5, 0.6) is 0 Å². The Morgan fingerprint density at radius 2 is 0.985 bits per heavy atom. The summed E-state index contributed by atoms with van der Waals surface area (Å²) in [5.41, 5.74) is 11.4. The third-order valence-electron chi connectivity index (χ3n) is 13.8. The number of nitrogens with one attached hydrogen (secondary N) is 4. The highest BCUT2D eigenvalue weighted by Gasteiger charge is 2.40. The second-order valence-corrected chi connectivity index (χ2v) is 18.4. The number of hydrogen-bond donors (Lipinski definition) is 4. The summed E-state index contributed by atoms with van der Waals surface area (Å²) < 4.78 is 9.58. The van der Waals surface area contributed by atoms with E-state index in [1.54, 1.807) is 0 Å². The molecule has 3 unspecified atom stereocenters. The van der Waals surface area contributed by atoms with Crippen LogP contribution < -0.4 is 10.6 Å². The van der Waals surface area contributed by atoms with E-state index in [2.05, 4.69) is 93.4 Å². The lowest BCUT2D eigenvalue weighted by Gasteiger charge is -2.30. The van der Waals surface area contributed by atoms with E-state index in [0.717, 1.165) is 77.4 Å². The Kier molecular flexibility index (Phi) is 12.1. The summed E-state index contributed by atoms with van der Waals surface area (Å²) in [6.45, 7) is 8.85. The number of rotatable bonds is 12. The molecule has 0 saturated carbocycles. The fourth-order valence-corrected chi connectivity index (χ4v) is 10.4. The number of H-pyrrole nitrogens is 2. The van der Waals surface area contributed by atoms with Crippen molar-refractivity contribution in [1.82, 2.24) is 40.4 Å². The van der Waals surface area contributed by atoms with Crippen LogP contribution in [0.2, 0.25) is 0 Å². The van der Waals surface area contributed by atoms with Crippen LogP contribution in [0, 0.1) is 11.8 Å². The number of amides is 4. The largest absolute Gasteiger partial charge is 0.453 e. The van der Waals surface area contributed by atoms with E-state index >= 15 is 0 Å². The highest BCUT2D eigenvalue weighted by atomic mass is 16.5. The molecule has 6 atom stereocenters. The zero-order chi connectivity index (χ0) is 45.5. The molecule has 338 valence electrons. The van der Waals surface area contributed by atoms with Gasteiger partial charge in [0.2, 0.25) is 11.8 Å². The van der Waals surface area contributed by atoms with Crippen LogP contribution in [0.15, 0.2) is 85.2 Å². The topological polar surface area (TPSA) is 175 Å². The predicted molar refractivity (Wildman–Crippen MR) is 247 cm³/mol. The lowest BCUT2D eigenvalue weighted by molar-refractivity contribution is -0.136. The van der Waals surface area contributed by atoms with E-state index in [1.807, 2.05) is 49.9 Å². The average molecular weight is 879 g/mol. The highest BCUT2D eigenvalue weighted by molar-refractivity contribution is 5.88. The van der Waals surface area contributed by atoms with E-state index in [-0.39, 0.29) is 35.7 Å². The molecule has 9 rings (SSSR count). The molecule has 4 aliphatic rings. The number of carbonyl (C=O) groups excluding carboxylic acids is 4. The number of aromatic nitrogens is 4. The van der Waals surface area contributed by atoms with Crippen molar-refractivity contribution < 1.29 is 28.7 Å². The van der Waals surface area contributed by atoms with Gasteiger partial charge in [-0.15, -0.1) is 0 Å². The number of alkyl carbamates (subject to hydrolysis) is 2. The summed E-state index contributed by atoms with van der Waals surface area (Å²) in [5.74, 6) is 1.75. The molecule has 14 heteroatoms. The zero-order valence-electron chi connectivity index (χ0n) is 37.9. The molecule has 3 aromatic carbocycles. The normalized spacial score (nSPS) is 20.6. The van der Waals surface area contributed by atoms with Crippen molar-refractivity contribution in [2.75, 3.05) is 27.3 Å². The molecule has 14 nitrogen and oxygen atoms in total. The number of nitrogens with zero attached hydrogens (tertiary/aromatic N) is 4. The predicted octanol–water partition coefficient (Wildman–Crippen LogP) is 9.03. The molecule has 4 amide bonds. The van der Waals surface area contributed by atoms with E-state index in [1.165, 1.54) is 36.5 Å². The molecular formula is C51H58N8O6. The molecule has 2 aromatic heterocycles. The van der Waals surface area contributed by atoms with Gasteiger partial charge in [0.15, 0.2) is 0 Å². The maximum absolute atomic E-state index is 13.7. The van der Waals surface area contributed by atoms with Gasteiger partial charge in [0.05, 0.1) is 50.1 Å². The van der Waals surface area contributed by atoms with Gasteiger partial charge in [0.1, 0.15) is 23.7 Å². The van der Waals surface area contributed by atoms with Crippen LogP contribution >= 0.6 is 0 Å². The SMILES string of the molecule is COC(=O)N[C@H](C(=O)N1CCCC1c1ncc(-c2ccc(-c3ccc(-c4ccc(-c5cnc([C@@H]6CCCN6C(=O)[C@@H](NC(=O)OC)C(C)C)[nH]5)cc4)c4c3C3C=CC4C3)cc2)[nH]1)C(C)C. The lowest BCUT2D eigenvalue weighted by atomic mass is 9.84. The van der Waals surface area contributed by atoms with Crippen LogP contribution in [-0.2, 0) is 19.1 Å². The van der Waals surface area contributed by atoms with Crippen molar-refractivity contribution in [3.05, 3.63) is 108 Å². The standard InChI is InChI=1S/C51H58N8O6/c1-28(2)44(56-50(62)64-5)48(60)58-23-7-9-40(58)46-52-26-38(54-46)32-15-11-30(12-16-32)36-21-22-37(43-35-20-19-34(25-35)42(36)43)31-13-17-33(18-14-31)39-27-53-47(55-39)41-10-8-24-59(41)49(61)45(29(3)4)57-51(63)65-6/h11-22,26-29,34-35,40-41,44-45H,7-10,23-25H2,1-6H3,(H,52,54)(H,53,55)(H,56,62)(H,57,63)/t34?,35?,40-,41?,44-,45-/m0/s1. The summed E-state index contributed by atoms with van der Waals surface area (Å²) in [6.07, 6.45) is 11.5. The first-order valence-corrected chi connectivity index (χ1v) is 22.9. The quantitative estimate of drug-likeness (QED) is 0.0899. The fourth-order valence-electron chi connectivity index (χ4n) is 10.4. The van der Waals surface area contributed by atoms with Crippen molar-refractivity contribution in [3.8, 4) is 44.8 Å². The number of carbonyl (C=O) groups is 4. The fraction of sp³-hybridized carbons (Fsp3) is 0.412.